The molecular weight excluding hydrogens is 395 g/mol. The van der Waals surface area contributed by atoms with Crippen LogP contribution in [-0.2, 0) is 15.7 Å². The summed E-state index contributed by atoms with van der Waals surface area (Å²) in [5.41, 5.74) is 1.12. The Morgan fingerprint density at radius 3 is 1.77 bits per heavy atom. The van der Waals surface area contributed by atoms with Crippen molar-refractivity contribution in [2.75, 3.05) is 0 Å². The van der Waals surface area contributed by atoms with E-state index in [0.717, 1.165) is 34.8 Å². The molecule has 0 aliphatic rings. The minimum atomic E-state index is -2.71. The van der Waals surface area contributed by atoms with Gasteiger partial charge in [-0.3, -0.25) is 0 Å². The van der Waals surface area contributed by atoms with Gasteiger partial charge in [0.15, 0.2) is 0 Å². The van der Waals surface area contributed by atoms with Crippen molar-refractivity contribution in [1.82, 2.24) is 0 Å². The average Bonchev–Trinajstić information content (AvgIpc) is 2.51. The third-order valence-corrected chi connectivity index (χ3v) is 6.49. The first-order valence-electron chi connectivity index (χ1n) is 7.76. The topological polar surface area (TPSA) is 52.6 Å². The molecule has 5 heteroatoms. The number of carbonyl (C=O) groups is 2. The normalized spacial score (nSPS) is 11.0. The average molecular weight is 420 g/mol. The quantitative estimate of drug-likeness (QED) is 0.530. The van der Waals surface area contributed by atoms with E-state index >= 15 is 0 Å². The summed E-state index contributed by atoms with van der Waals surface area (Å²) in [6, 6.07) is 7.67. The maximum absolute atomic E-state index is 11.9. The van der Waals surface area contributed by atoms with Crippen molar-refractivity contribution in [3.63, 3.8) is 0 Å². The Hall–Kier alpha value is -1.11. The van der Waals surface area contributed by atoms with Crippen molar-refractivity contribution in [2.24, 2.45) is 0 Å². The molecule has 0 saturated carbocycles. The van der Waals surface area contributed by atoms with Crippen molar-refractivity contribution in [3.05, 3.63) is 33.4 Å². The summed E-state index contributed by atoms with van der Waals surface area (Å²) in [6.45, 7) is 6.03. The number of benzene rings is 1. The van der Waals surface area contributed by atoms with Crippen molar-refractivity contribution < 1.29 is 15.7 Å². The second-order valence-corrected chi connectivity index (χ2v) is 8.49. The van der Waals surface area contributed by atoms with Crippen LogP contribution in [0.25, 0.3) is 0 Å². The molecule has 0 unspecified atom stereocenters. The van der Waals surface area contributed by atoms with Gasteiger partial charge in [0.2, 0.25) is 0 Å². The molecule has 0 spiro atoms. The van der Waals surface area contributed by atoms with E-state index in [1.807, 2.05) is 45.0 Å². The van der Waals surface area contributed by atoms with Crippen LogP contribution in [0.4, 0.5) is 0 Å². The molecule has 0 aliphatic heterocycles. The van der Waals surface area contributed by atoms with Crippen LogP contribution in [0.3, 0.4) is 0 Å². The number of rotatable bonds is 9. The first-order valence-corrected chi connectivity index (χ1v) is 10.6. The zero-order valence-electron chi connectivity index (χ0n) is 13.6. The monoisotopic (exact) mass is 420 g/mol. The zero-order chi connectivity index (χ0) is 16.4. The predicted molar refractivity (Wildman–Crippen MR) is 95.1 cm³/mol. The van der Waals surface area contributed by atoms with Crippen LogP contribution in [0.2, 0.25) is 0 Å². The van der Waals surface area contributed by atoms with Gasteiger partial charge in [-0.05, 0) is 0 Å². The molecule has 0 aromatic heterocycles. The first-order chi connectivity index (χ1) is 10.6. The summed E-state index contributed by atoms with van der Waals surface area (Å²) in [7, 11) is 0. The van der Waals surface area contributed by atoms with Crippen LogP contribution in [0.15, 0.2) is 24.3 Å². The molecule has 0 amide bonds. The van der Waals surface area contributed by atoms with Crippen molar-refractivity contribution in [2.45, 2.75) is 59.3 Å². The zero-order valence-corrected chi connectivity index (χ0v) is 15.7. The van der Waals surface area contributed by atoms with Gasteiger partial charge in [0, 0.05) is 0 Å². The molecule has 0 atom stereocenters. The van der Waals surface area contributed by atoms with Crippen LogP contribution < -0.4 is 0 Å². The second-order valence-electron chi connectivity index (χ2n) is 5.12. The molecule has 124 valence electrons. The summed E-state index contributed by atoms with van der Waals surface area (Å²) < 4.78 is 11.8. The summed E-state index contributed by atoms with van der Waals surface area (Å²) in [6.07, 6.45) is 4.21. The SMILES string of the molecule is CCCCC(=O)OI(OC(=O)CCCC)c1ccc(C)cc1. The van der Waals surface area contributed by atoms with Crippen molar-refractivity contribution in [1.29, 1.82) is 0 Å². The Morgan fingerprint density at radius 1 is 0.909 bits per heavy atom. The van der Waals surface area contributed by atoms with Gasteiger partial charge >= 0.3 is 141 Å². The molecule has 0 saturated heterocycles. The van der Waals surface area contributed by atoms with Crippen LogP contribution in [0, 0.1) is 10.5 Å². The molecule has 1 aromatic rings. The number of unbranched alkanes of at least 4 members (excludes halogenated alkanes) is 2. The van der Waals surface area contributed by atoms with Crippen LogP contribution in [-0.4, -0.2) is 11.9 Å². The molecule has 22 heavy (non-hydrogen) atoms. The fourth-order valence-corrected chi connectivity index (χ4v) is 4.49. The number of aryl methyl sites for hydroxylation is 1. The minimum absolute atomic E-state index is 0.268. The van der Waals surface area contributed by atoms with Crippen molar-refractivity contribution in [3.8, 4) is 0 Å². The van der Waals surface area contributed by atoms with Gasteiger partial charge in [-0.15, -0.1) is 0 Å². The Labute approximate surface area is 141 Å². The third kappa shape index (κ3) is 7.24. The van der Waals surface area contributed by atoms with Crippen molar-refractivity contribution >= 4 is 32.6 Å². The molecule has 0 radical (unpaired) electrons. The molecule has 0 fully saturated rings. The summed E-state index contributed by atoms with van der Waals surface area (Å²) in [5, 5.41) is 0. The standard InChI is InChI=1S/C17H25IO4/c1-4-6-8-16(19)21-18(22-17(20)9-7-5-2)15-12-10-14(3)11-13-15/h10-13H,4-9H2,1-3H3. The molecule has 4 nitrogen and oxygen atoms in total. The van der Waals surface area contributed by atoms with Crippen LogP contribution in [0.1, 0.15) is 57.9 Å². The number of carbonyl (C=O) groups excluding carboxylic acids is 2. The molecule has 0 bridgehead atoms. The molecule has 1 aromatic carbocycles. The Balaban J connectivity index is 2.73. The van der Waals surface area contributed by atoms with Gasteiger partial charge in [0.25, 0.3) is 0 Å². The van der Waals surface area contributed by atoms with E-state index in [1.54, 1.807) is 0 Å². The Kier molecular flexibility index (Phi) is 9.11. The van der Waals surface area contributed by atoms with E-state index in [2.05, 4.69) is 0 Å². The predicted octanol–water partition coefficient (Wildman–Crippen LogP) is 4.97. The van der Waals surface area contributed by atoms with Gasteiger partial charge < -0.3 is 0 Å². The van der Waals surface area contributed by atoms with E-state index in [9.17, 15) is 9.59 Å². The maximum atomic E-state index is 11.9. The van der Waals surface area contributed by atoms with Gasteiger partial charge in [-0.1, -0.05) is 0 Å². The fraction of sp³-hybridized carbons (Fsp3) is 0.529. The van der Waals surface area contributed by atoms with E-state index in [0.29, 0.717) is 12.8 Å². The number of hydrogen-bond acceptors (Lipinski definition) is 4. The molecule has 0 heterocycles. The molecule has 0 aliphatic carbocycles. The van der Waals surface area contributed by atoms with E-state index in [4.69, 9.17) is 6.13 Å². The van der Waals surface area contributed by atoms with Gasteiger partial charge in [0.05, 0.1) is 0 Å². The van der Waals surface area contributed by atoms with E-state index in [1.165, 1.54) is 0 Å². The summed E-state index contributed by atoms with van der Waals surface area (Å²) in [4.78, 5) is 23.7. The number of hydrogen-bond donors (Lipinski definition) is 0. The Morgan fingerprint density at radius 2 is 1.36 bits per heavy atom. The summed E-state index contributed by atoms with van der Waals surface area (Å²) in [5.74, 6) is -0.535. The second kappa shape index (κ2) is 10.6. The van der Waals surface area contributed by atoms with Gasteiger partial charge in [-0.2, -0.15) is 0 Å². The Bertz CT molecular complexity index is 448. The van der Waals surface area contributed by atoms with E-state index in [-0.39, 0.29) is 11.9 Å². The fourth-order valence-electron chi connectivity index (χ4n) is 1.62. The first kappa shape index (κ1) is 18.9. The number of halogens is 1. The van der Waals surface area contributed by atoms with Crippen LogP contribution in [0.5, 0.6) is 0 Å². The summed E-state index contributed by atoms with van der Waals surface area (Å²) >= 11 is -2.71. The van der Waals surface area contributed by atoms with Gasteiger partial charge in [-0.25, -0.2) is 0 Å². The van der Waals surface area contributed by atoms with Crippen LogP contribution >= 0.6 is 20.6 Å². The molecule has 0 N–H and O–H groups in total. The van der Waals surface area contributed by atoms with E-state index < -0.39 is 20.6 Å². The molecular formula is C17H25IO4. The molecule has 1 rings (SSSR count). The van der Waals surface area contributed by atoms with Gasteiger partial charge in [0.1, 0.15) is 0 Å². The third-order valence-electron chi connectivity index (χ3n) is 2.97.